The van der Waals surface area contributed by atoms with Crippen molar-refractivity contribution in [2.75, 3.05) is 19.6 Å². The molecule has 0 aromatic heterocycles. The van der Waals surface area contributed by atoms with Crippen LogP contribution in [0.1, 0.15) is 26.2 Å². The molecule has 3 nitrogen and oxygen atoms in total. The van der Waals surface area contributed by atoms with E-state index < -0.39 is 18.6 Å². The fourth-order valence-electron chi connectivity index (χ4n) is 1.94. The van der Waals surface area contributed by atoms with Crippen LogP contribution >= 0.6 is 0 Å². The number of hydrogen-bond acceptors (Lipinski definition) is 2. The first-order chi connectivity index (χ1) is 7.44. The molecular weight excluding hydrogens is 221 g/mol. The summed E-state index contributed by atoms with van der Waals surface area (Å²) in [7, 11) is 0. The van der Waals surface area contributed by atoms with E-state index in [1.54, 1.807) is 6.92 Å². The lowest BCUT2D eigenvalue weighted by atomic mass is 10.0. The second kappa shape index (κ2) is 5.52. The summed E-state index contributed by atoms with van der Waals surface area (Å²) in [6, 6.07) is -0.268. The van der Waals surface area contributed by atoms with Gasteiger partial charge in [-0.1, -0.05) is 6.92 Å². The van der Waals surface area contributed by atoms with Gasteiger partial charge < -0.3 is 10.2 Å². The zero-order chi connectivity index (χ0) is 12.2. The quantitative estimate of drug-likeness (QED) is 0.809. The molecule has 0 bridgehead atoms. The Morgan fingerprint density at radius 2 is 1.94 bits per heavy atom. The van der Waals surface area contributed by atoms with E-state index in [9.17, 15) is 18.0 Å². The molecule has 0 saturated carbocycles. The Hall–Kier alpha value is -0.780. The zero-order valence-electron chi connectivity index (χ0n) is 9.31. The predicted molar refractivity (Wildman–Crippen MR) is 54.0 cm³/mol. The molecule has 0 spiro atoms. The van der Waals surface area contributed by atoms with Crippen molar-refractivity contribution in [2.24, 2.45) is 0 Å². The second-order valence-corrected chi connectivity index (χ2v) is 3.97. The van der Waals surface area contributed by atoms with Gasteiger partial charge in [0, 0.05) is 12.5 Å². The lowest BCUT2D eigenvalue weighted by Crippen LogP contribution is -2.49. The van der Waals surface area contributed by atoms with E-state index in [0.29, 0.717) is 25.9 Å². The first-order valence-electron chi connectivity index (χ1n) is 5.51. The number of piperidine rings is 1. The molecule has 1 heterocycles. The van der Waals surface area contributed by atoms with Crippen LogP contribution in [0, 0.1) is 0 Å². The van der Waals surface area contributed by atoms with Crippen LogP contribution in [0.4, 0.5) is 13.2 Å². The molecule has 0 unspecified atom stereocenters. The molecule has 0 aromatic rings. The van der Waals surface area contributed by atoms with Gasteiger partial charge >= 0.3 is 6.18 Å². The van der Waals surface area contributed by atoms with Gasteiger partial charge in [0.1, 0.15) is 6.54 Å². The highest BCUT2D eigenvalue weighted by Gasteiger charge is 2.36. The highest BCUT2D eigenvalue weighted by Crippen LogP contribution is 2.21. The van der Waals surface area contributed by atoms with E-state index in [1.807, 2.05) is 0 Å². The molecule has 1 aliphatic rings. The minimum Gasteiger partial charge on any atom is -0.331 e. The van der Waals surface area contributed by atoms with Crippen LogP contribution in [0.5, 0.6) is 0 Å². The summed E-state index contributed by atoms with van der Waals surface area (Å²) in [6.07, 6.45) is -2.99. The van der Waals surface area contributed by atoms with E-state index in [-0.39, 0.29) is 12.5 Å². The zero-order valence-corrected chi connectivity index (χ0v) is 9.31. The van der Waals surface area contributed by atoms with Gasteiger partial charge in [0.15, 0.2) is 0 Å². The van der Waals surface area contributed by atoms with Crippen molar-refractivity contribution in [3.05, 3.63) is 0 Å². The molecule has 1 aliphatic heterocycles. The summed E-state index contributed by atoms with van der Waals surface area (Å²) in [6.45, 7) is 1.82. The number of nitrogens with zero attached hydrogens (tertiary/aromatic N) is 1. The topological polar surface area (TPSA) is 32.3 Å². The maximum Gasteiger partial charge on any atom is 0.406 e. The number of hydrogen-bond donors (Lipinski definition) is 1. The number of carbonyl (C=O) groups is 1. The van der Waals surface area contributed by atoms with Gasteiger partial charge in [-0.25, -0.2) is 0 Å². The van der Waals surface area contributed by atoms with Gasteiger partial charge in [-0.2, -0.15) is 13.2 Å². The van der Waals surface area contributed by atoms with Crippen molar-refractivity contribution in [3.8, 4) is 0 Å². The highest BCUT2D eigenvalue weighted by molar-refractivity contribution is 5.76. The first-order valence-corrected chi connectivity index (χ1v) is 5.51. The summed E-state index contributed by atoms with van der Waals surface area (Å²) < 4.78 is 37.0. The van der Waals surface area contributed by atoms with Crippen molar-refractivity contribution in [1.82, 2.24) is 10.2 Å². The van der Waals surface area contributed by atoms with Gasteiger partial charge in [-0.05, 0) is 25.9 Å². The standard InChI is InChI=1S/C10H17F3N2O/c1-2-9(16)15(7-10(11,12)13)8-3-5-14-6-4-8/h8,14H,2-7H2,1H3. The van der Waals surface area contributed by atoms with Gasteiger partial charge in [-0.3, -0.25) is 4.79 Å². The van der Waals surface area contributed by atoms with Crippen molar-refractivity contribution in [2.45, 2.75) is 38.4 Å². The Bertz CT molecular complexity index is 237. The average Bonchev–Trinajstić information content (AvgIpc) is 2.25. The monoisotopic (exact) mass is 238 g/mol. The molecule has 1 N–H and O–H groups in total. The van der Waals surface area contributed by atoms with Gasteiger partial charge in [0.25, 0.3) is 0 Å². The number of rotatable bonds is 3. The number of nitrogens with one attached hydrogen (secondary N) is 1. The van der Waals surface area contributed by atoms with Gasteiger partial charge in [-0.15, -0.1) is 0 Å². The maximum atomic E-state index is 12.3. The third-order valence-corrected chi connectivity index (χ3v) is 2.72. The van der Waals surface area contributed by atoms with E-state index >= 15 is 0 Å². The first kappa shape index (κ1) is 13.3. The molecule has 16 heavy (non-hydrogen) atoms. The molecule has 1 saturated heterocycles. The van der Waals surface area contributed by atoms with Crippen LogP contribution in [-0.4, -0.2) is 42.7 Å². The maximum absolute atomic E-state index is 12.3. The predicted octanol–water partition coefficient (Wildman–Crippen LogP) is 1.54. The lowest BCUT2D eigenvalue weighted by Gasteiger charge is -2.35. The van der Waals surface area contributed by atoms with Gasteiger partial charge in [0.05, 0.1) is 0 Å². The molecular formula is C10H17F3N2O. The van der Waals surface area contributed by atoms with Crippen LogP contribution in [0.3, 0.4) is 0 Å². The molecule has 1 amide bonds. The Morgan fingerprint density at radius 3 is 2.38 bits per heavy atom. The van der Waals surface area contributed by atoms with Crippen LogP contribution < -0.4 is 5.32 Å². The normalized spacial score (nSPS) is 18.5. The molecule has 1 fully saturated rings. The molecule has 0 atom stereocenters. The summed E-state index contributed by atoms with van der Waals surface area (Å²) in [4.78, 5) is 12.5. The smallest absolute Gasteiger partial charge is 0.331 e. The number of amides is 1. The van der Waals surface area contributed by atoms with E-state index in [4.69, 9.17) is 0 Å². The number of halogens is 3. The molecule has 6 heteroatoms. The largest absolute Gasteiger partial charge is 0.406 e. The van der Waals surface area contributed by atoms with Crippen molar-refractivity contribution >= 4 is 5.91 Å². The second-order valence-electron chi connectivity index (χ2n) is 3.97. The third-order valence-electron chi connectivity index (χ3n) is 2.72. The molecule has 0 radical (unpaired) electrons. The van der Waals surface area contributed by atoms with Crippen molar-refractivity contribution in [3.63, 3.8) is 0 Å². The van der Waals surface area contributed by atoms with Crippen LogP contribution in [0.25, 0.3) is 0 Å². The van der Waals surface area contributed by atoms with E-state index in [0.717, 1.165) is 4.90 Å². The fourth-order valence-corrected chi connectivity index (χ4v) is 1.94. The van der Waals surface area contributed by atoms with E-state index in [2.05, 4.69) is 5.32 Å². The number of carbonyl (C=O) groups excluding carboxylic acids is 1. The number of alkyl halides is 3. The van der Waals surface area contributed by atoms with Crippen molar-refractivity contribution in [1.29, 1.82) is 0 Å². The highest BCUT2D eigenvalue weighted by atomic mass is 19.4. The fraction of sp³-hybridized carbons (Fsp3) is 0.900. The average molecular weight is 238 g/mol. The molecule has 1 rings (SSSR count). The Balaban J connectivity index is 2.65. The summed E-state index contributed by atoms with van der Waals surface area (Å²) in [5.41, 5.74) is 0. The van der Waals surface area contributed by atoms with Gasteiger partial charge in [0.2, 0.25) is 5.91 Å². The summed E-state index contributed by atoms with van der Waals surface area (Å²) >= 11 is 0. The third kappa shape index (κ3) is 4.00. The van der Waals surface area contributed by atoms with Crippen molar-refractivity contribution < 1.29 is 18.0 Å². The Labute approximate surface area is 93.0 Å². The minimum absolute atomic E-state index is 0.125. The Morgan fingerprint density at radius 1 is 1.38 bits per heavy atom. The lowest BCUT2D eigenvalue weighted by molar-refractivity contribution is -0.166. The Kier molecular flexibility index (Phi) is 4.58. The molecule has 0 aliphatic carbocycles. The molecule has 94 valence electrons. The summed E-state index contributed by atoms with van der Waals surface area (Å²) in [5, 5.41) is 3.07. The molecule has 0 aromatic carbocycles. The van der Waals surface area contributed by atoms with Crippen LogP contribution in [-0.2, 0) is 4.79 Å². The summed E-state index contributed by atoms with van der Waals surface area (Å²) in [5.74, 6) is -0.413. The van der Waals surface area contributed by atoms with Crippen LogP contribution in [0.15, 0.2) is 0 Å². The minimum atomic E-state index is -4.31. The van der Waals surface area contributed by atoms with E-state index in [1.165, 1.54) is 0 Å². The van der Waals surface area contributed by atoms with Crippen LogP contribution in [0.2, 0.25) is 0 Å². The SMILES string of the molecule is CCC(=O)N(CC(F)(F)F)C1CCNCC1.